The van der Waals surface area contributed by atoms with Gasteiger partial charge >= 0.3 is 0 Å². The lowest BCUT2D eigenvalue weighted by molar-refractivity contribution is -0.121. The number of hydrogen-bond acceptors (Lipinski definition) is 4. The average molecular weight is 354 g/mol. The second-order valence-electron chi connectivity index (χ2n) is 6.37. The number of benzene rings is 1. The Hall–Kier alpha value is -1.17. The highest BCUT2D eigenvalue weighted by Crippen LogP contribution is 2.33. The summed E-state index contributed by atoms with van der Waals surface area (Å²) in [6, 6.07) is 3.83. The minimum atomic E-state index is -0.0500. The highest BCUT2D eigenvalue weighted by Gasteiger charge is 2.22. The van der Waals surface area contributed by atoms with Crippen molar-refractivity contribution < 1.29 is 4.79 Å². The molecule has 0 saturated heterocycles. The van der Waals surface area contributed by atoms with Gasteiger partial charge < -0.3 is 4.90 Å². The van der Waals surface area contributed by atoms with E-state index in [2.05, 4.69) is 4.90 Å². The van der Waals surface area contributed by atoms with Crippen molar-refractivity contribution in [1.82, 2.24) is 9.88 Å². The largest absolute Gasteiger partial charge is 0.309 e. The first-order valence-electron chi connectivity index (χ1n) is 7.82. The molecule has 2 rings (SSSR count). The van der Waals surface area contributed by atoms with Crippen LogP contribution in [0.15, 0.2) is 12.1 Å². The minimum absolute atomic E-state index is 0.0500. The topological polar surface area (TPSA) is 36.4 Å². The molecule has 1 aromatic carbocycles. The fourth-order valence-corrected chi connectivity index (χ4v) is 3.87. The van der Waals surface area contributed by atoms with Gasteiger partial charge in [0.25, 0.3) is 0 Å². The van der Waals surface area contributed by atoms with E-state index in [0.717, 1.165) is 33.9 Å². The lowest BCUT2D eigenvalue weighted by Gasteiger charge is -2.22. The standard InChI is InChI=1S/C17H24ClN3OS/c1-11(2)16(22)21(8-6-7-20(4)5)17-19-15-12(3)9-13(18)10-14(15)23-17/h9-11H,6-8H2,1-5H3. The van der Waals surface area contributed by atoms with Crippen LogP contribution in [-0.4, -0.2) is 43.0 Å². The summed E-state index contributed by atoms with van der Waals surface area (Å²) in [6.45, 7) is 7.48. The number of halogens is 1. The number of rotatable bonds is 6. The Kier molecular flexibility index (Phi) is 6.00. The number of carbonyl (C=O) groups excluding carboxylic acids is 1. The molecule has 6 heteroatoms. The molecule has 0 aliphatic heterocycles. The second kappa shape index (κ2) is 7.60. The molecule has 0 spiro atoms. The van der Waals surface area contributed by atoms with Crippen LogP contribution in [-0.2, 0) is 4.79 Å². The highest BCUT2D eigenvalue weighted by atomic mass is 35.5. The van der Waals surface area contributed by atoms with Crippen molar-refractivity contribution in [3.63, 3.8) is 0 Å². The second-order valence-corrected chi connectivity index (χ2v) is 7.81. The molecule has 0 saturated carbocycles. The molecule has 23 heavy (non-hydrogen) atoms. The molecule has 0 aliphatic carbocycles. The van der Waals surface area contributed by atoms with Crippen LogP contribution in [0, 0.1) is 12.8 Å². The van der Waals surface area contributed by atoms with Gasteiger partial charge in [0.2, 0.25) is 5.91 Å². The normalized spacial score (nSPS) is 11.7. The Labute approximate surface area is 147 Å². The summed E-state index contributed by atoms with van der Waals surface area (Å²) in [4.78, 5) is 21.3. The Morgan fingerprint density at radius 1 is 1.30 bits per heavy atom. The fraction of sp³-hybridized carbons (Fsp3) is 0.529. The molecule has 1 heterocycles. The van der Waals surface area contributed by atoms with Gasteiger partial charge in [-0.25, -0.2) is 4.98 Å². The smallest absolute Gasteiger partial charge is 0.231 e. The quantitative estimate of drug-likeness (QED) is 0.780. The van der Waals surface area contributed by atoms with E-state index in [1.165, 1.54) is 11.3 Å². The third-order valence-corrected chi connectivity index (χ3v) is 4.86. The molecule has 4 nitrogen and oxygen atoms in total. The van der Waals surface area contributed by atoms with Gasteiger partial charge in [-0.05, 0) is 51.7 Å². The van der Waals surface area contributed by atoms with E-state index in [0.29, 0.717) is 11.6 Å². The maximum Gasteiger partial charge on any atom is 0.231 e. The van der Waals surface area contributed by atoms with Crippen LogP contribution in [0.25, 0.3) is 10.2 Å². The zero-order valence-corrected chi connectivity index (χ0v) is 16.0. The molecule has 0 unspecified atom stereocenters. The molecule has 0 radical (unpaired) electrons. The van der Waals surface area contributed by atoms with Crippen LogP contribution in [0.1, 0.15) is 25.8 Å². The summed E-state index contributed by atoms with van der Waals surface area (Å²) in [5.74, 6) is 0.0672. The number of aryl methyl sites for hydroxylation is 1. The van der Waals surface area contributed by atoms with Crippen LogP contribution in [0.2, 0.25) is 5.02 Å². The molecule has 2 aromatic rings. The number of fused-ring (bicyclic) bond motifs is 1. The van der Waals surface area contributed by atoms with Crippen LogP contribution in [0.4, 0.5) is 5.13 Å². The van der Waals surface area contributed by atoms with Gasteiger partial charge in [0, 0.05) is 17.5 Å². The number of hydrogen-bond donors (Lipinski definition) is 0. The molecule has 0 atom stereocenters. The molecular formula is C17H24ClN3OS. The van der Waals surface area contributed by atoms with Crippen molar-refractivity contribution in [2.75, 3.05) is 32.1 Å². The van der Waals surface area contributed by atoms with Crippen LogP contribution in [0.5, 0.6) is 0 Å². The first-order valence-corrected chi connectivity index (χ1v) is 9.02. The minimum Gasteiger partial charge on any atom is -0.309 e. The summed E-state index contributed by atoms with van der Waals surface area (Å²) >= 11 is 7.67. The van der Waals surface area contributed by atoms with E-state index in [9.17, 15) is 4.79 Å². The van der Waals surface area contributed by atoms with E-state index in [4.69, 9.17) is 16.6 Å². The molecule has 126 valence electrons. The average Bonchev–Trinajstić information content (AvgIpc) is 2.86. The van der Waals surface area contributed by atoms with Gasteiger partial charge in [0.05, 0.1) is 10.2 Å². The van der Waals surface area contributed by atoms with Gasteiger partial charge in [-0.1, -0.05) is 36.8 Å². The third kappa shape index (κ3) is 4.43. The number of amides is 1. The van der Waals surface area contributed by atoms with E-state index in [1.54, 1.807) is 0 Å². The predicted molar refractivity (Wildman–Crippen MR) is 99.7 cm³/mol. The molecular weight excluding hydrogens is 330 g/mol. The van der Waals surface area contributed by atoms with Gasteiger partial charge in [-0.2, -0.15) is 0 Å². The Balaban J connectivity index is 2.34. The first-order chi connectivity index (χ1) is 10.8. The number of carbonyl (C=O) groups is 1. The predicted octanol–water partition coefficient (Wildman–Crippen LogP) is 4.20. The summed E-state index contributed by atoms with van der Waals surface area (Å²) in [5, 5.41) is 1.47. The Morgan fingerprint density at radius 3 is 2.61 bits per heavy atom. The van der Waals surface area contributed by atoms with Crippen LogP contribution < -0.4 is 4.90 Å². The van der Waals surface area contributed by atoms with E-state index in [1.807, 2.05) is 51.9 Å². The lowest BCUT2D eigenvalue weighted by Crippen LogP contribution is -2.36. The Bertz CT molecular complexity index is 696. The number of thiazole rings is 1. The van der Waals surface area contributed by atoms with E-state index >= 15 is 0 Å². The van der Waals surface area contributed by atoms with Gasteiger partial charge in [-0.3, -0.25) is 9.69 Å². The molecule has 0 bridgehead atoms. The maximum atomic E-state index is 12.6. The van der Waals surface area contributed by atoms with Gasteiger partial charge in [0.1, 0.15) is 0 Å². The van der Waals surface area contributed by atoms with Crippen molar-refractivity contribution in [3.05, 3.63) is 22.7 Å². The zero-order chi connectivity index (χ0) is 17.1. The number of nitrogens with zero attached hydrogens (tertiary/aromatic N) is 3. The summed E-state index contributed by atoms with van der Waals surface area (Å²) < 4.78 is 1.03. The summed E-state index contributed by atoms with van der Waals surface area (Å²) in [6.07, 6.45) is 0.918. The molecule has 1 amide bonds. The lowest BCUT2D eigenvalue weighted by atomic mass is 10.2. The maximum absolute atomic E-state index is 12.6. The first kappa shape index (κ1) is 18.2. The van der Waals surface area contributed by atoms with Crippen molar-refractivity contribution in [3.8, 4) is 0 Å². The summed E-state index contributed by atoms with van der Waals surface area (Å²) in [5.41, 5.74) is 1.98. The van der Waals surface area contributed by atoms with Gasteiger partial charge in [-0.15, -0.1) is 0 Å². The number of anilines is 1. The monoisotopic (exact) mass is 353 g/mol. The van der Waals surface area contributed by atoms with E-state index in [-0.39, 0.29) is 11.8 Å². The molecule has 0 aliphatic rings. The third-order valence-electron chi connectivity index (χ3n) is 3.62. The Morgan fingerprint density at radius 2 is 2.00 bits per heavy atom. The summed E-state index contributed by atoms with van der Waals surface area (Å²) in [7, 11) is 4.08. The van der Waals surface area contributed by atoms with Crippen molar-refractivity contribution in [1.29, 1.82) is 0 Å². The molecule has 0 N–H and O–H groups in total. The van der Waals surface area contributed by atoms with E-state index < -0.39 is 0 Å². The highest BCUT2D eigenvalue weighted by molar-refractivity contribution is 7.22. The van der Waals surface area contributed by atoms with Gasteiger partial charge in [0.15, 0.2) is 5.13 Å². The fourth-order valence-electron chi connectivity index (χ4n) is 2.41. The molecule has 1 aromatic heterocycles. The number of aromatic nitrogens is 1. The van der Waals surface area contributed by atoms with Crippen molar-refractivity contribution in [2.24, 2.45) is 5.92 Å². The van der Waals surface area contributed by atoms with Crippen molar-refractivity contribution in [2.45, 2.75) is 27.2 Å². The van der Waals surface area contributed by atoms with Crippen LogP contribution in [0.3, 0.4) is 0 Å². The zero-order valence-electron chi connectivity index (χ0n) is 14.4. The van der Waals surface area contributed by atoms with Crippen molar-refractivity contribution >= 4 is 44.2 Å². The molecule has 0 fully saturated rings. The van der Waals surface area contributed by atoms with Crippen LogP contribution >= 0.6 is 22.9 Å². The SMILES string of the molecule is Cc1cc(Cl)cc2sc(N(CCCN(C)C)C(=O)C(C)C)nc12.